The molecule has 0 saturated heterocycles. The molecule has 0 N–H and O–H groups in total. The van der Waals surface area contributed by atoms with Crippen molar-refractivity contribution in [1.29, 1.82) is 0 Å². The molecule has 2 aromatic rings. The van der Waals surface area contributed by atoms with Gasteiger partial charge in [0.05, 0.1) is 0 Å². The second-order valence-electron chi connectivity index (χ2n) is 4.49. The first-order valence-electron chi connectivity index (χ1n) is 6.21. The Balaban J connectivity index is 2.13. The van der Waals surface area contributed by atoms with Crippen LogP contribution in [0.5, 0.6) is 0 Å². The van der Waals surface area contributed by atoms with Gasteiger partial charge < -0.3 is 4.74 Å². The number of nitrogens with zero attached hydrogens (tertiary/aromatic N) is 2. The van der Waals surface area contributed by atoms with Crippen molar-refractivity contribution in [3.8, 4) is 0 Å². The van der Waals surface area contributed by atoms with E-state index in [1.165, 1.54) is 5.56 Å². The normalized spacial score (nSPS) is 14.3. The lowest BCUT2D eigenvalue weighted by Crippen LogP contribution is -2.34. The molecule has 4 nitrogen and oxygen atoms in total. The van der Waals surface area contributed by atoms with Gasteiger partial charge in [-0.15, -0.1) is 0 Å². The molecule has 0 bridgehead atoms. The second kappa shape index (κ2) is 4.72. The molecule has 19 heavy (non-hydrogen) atoms. The quantitative estimate of drug-likeness (QED) is 0.790. The summed E-state index contributed by atoms with van der Waals surface area (Å²) in [7, 11) is 0. The van der Waals surface area contributed by atoms with Gasteiger partial charge in [-0.05, 0) is 30.2 Å². The van der Waals surface area contributed by atoms with E-state index in [-0.39, 0.29) is 6.23 Å². The number of ether oxygens (including phenoxy) is 1. The number of benzene rings is 1. The Kier molecular flexibility index (Phi) is 2.91. The van der Waals surface area contributed by atoms with Crippen molar-refractivity contribution >= 4 is 18.0 Å². The summed E-state index contributed by atoms with van der Waals surface area (Å²) in [6, 6.07) is 12.1. The zero-order chi connectivity index (χ0) is 13.2. The molecule has 96 valence electrons. The summed E-state index contributed by atoms with van der Waals surface area (Å²) in [5.41, 5.74) is 3.40. The number of anilines is 2. The predicted octanol–water partition coefficient (Wildman–Crippen LogP) is 2.64. The minimum Gasteiger partial charge on any atom is -0.444 e. The third kappa shape index (κ3) is 1.95. The molecule has 4 heteroatoms. The van der Waals surface area contributed by atoms with Crippen LogP contribution in [0.2, 0.25) is 0 Å². The highest BCUT2D eigenvalue weighted by Gasteiger charge is 2.27. The number of aromatic nitrogens is 1. The highest BCUT2D eigenvalue weighted by Crippen LogP contribution is 2.38. The molecule has 2 heterocycles. The molecular weight excluding hydrogens is 240 g/mol. The summed E-state index contributed by atoms with van der Waals surface area (Å²) in [6.45, 7) is 2.32. The van der Waals surface area contributed by atoms with Gasteiger partial charge in [0.2, 0.25) is 0 Å². The summed E-state index contributed by atoms with van der Waals surface area (Å²) < 4.78 is 5.10. The average molecular weight is 254 g/mol. The van der Waals surface area contributed by atoms with E-state index in [4.69, 9.17) is 4.74 Å². The number of para-hydroxylation sites is 1. The number of hydrogen-bond donors (Lipinski definition) is 0. The molecule has 0 amide bonds. The summed E-state index contributed by atoms with van der Waals surface area (Å²) >= 11 is 0. The van der Waals surface area contributed by atoms with Gasteiger partial charge in [-0.3, -0.25) is 9.69 Å². The lowest BCUT2D eigenvalue weighted by molar-refractivity contribution is -0.132. The van der Waals surface area contributed by atoms with Crippen molar-refractivity contribution < 1.29 is 9.53 Å². The van der Waals surface area contributed by atoms with Gasteiger partial charge >= 0.3 is 0 Å². The number of carbonyl (C=O) groups is 1. The van der Waals surface area contributed by atoms with E-state index in [2.05, 4.69) is 17.1 Å². The van der Waals surface area contributed by atoms with Crippen LogP contribution in [0.25, 0.3) is 0 Å². The highest BCUT2D eigenvalue weighted by atomic mass is 16.5. The molecule has 1 aliphatic rings. The molecule has 0 spiro atoms. The standard InChI is InChI=1S/C15H14N2O2/c1-11(19-10-18)17-14-7-3-2-5-12(14)9-13-6-4-8-16-15(13)17/h2-8,10-11H,9H2,1H3. The molecule has 0 saturated carbocycles. The van der Waals surface area contributed by atoms with E-state index in [1.54, 1.807) is 6.20 Å². The van der Waals surface area contributed by atoms with Crippen LogP contribution in [0.1, 0.15) is 18.1 Å². The number of hydrogen-bond acceptors (Lipinski definition) is 4. The topological polar surface area (TPSA) is 42.4 Å². The fraction of sp³-hybridized carbons (Fsp3) is 0.200. The van der Waals surface area contributed by atoms with Crippen molar-refractivity contribution in [2.45, 2.75) is 19.6 Å². The molecule has 0 fully saturated rings. The maximum atomic E-state index is 10.6. The van der Waals surface area contributed by atoms with Gasteiger partial charge in [-0.2, -0.15) is 0 Å². The first-order valence-corrected chi connectivity index (χ1v) is 6.21. The molecule has 1 atom stereocenters. The van der Waals surface area contributed by atoms with Crippen LogP contribution in [0.4, 0.5) is 11.5 Å². The fourth-order valence-electron chi connectivity index (χ4n) is 2.51. The molecule has 3 rings (SSSR count). The van der Waals surface area contributed by atoms with Crippen LogP contribution in [-0.4, -0.2) is 17.7 Å². The van der Waals surface area contributed by atoms with Crippen LogP contribution in [-0.2, 0) is 16.0 Å². The van der Waals surface area contributed by atoms with Crippen molar-refractivity contribution in [2.24, 2.45) is 0 Å². The Hall–Kier alpha value is -2.36. The Bertz CT molecular complexity index is 567. The summed E-state index contributed by atoms with van der Waals surface area (Å²) in [5, 5.41) is 0. The molecule has 1 unspecified atom stereocenters. The van der Waals surface area contributed by atoms with Gasteiger partial charge in [0.15, 0.2) is 6.23 Å². The van der Waals surface area contributed by atoms with E-state index in [0.717, 1.165) is 23.5 Å². The molecule has 1 aromatic heterocycles. The summed E-state index contributed by atoms with van der Waals surface area (Å²) in [5.74, 6) is 0.857. The Labute approximate surface area is 111 Å². The zero-order valence-electron chi connectivity index (χ0n) is 10.6. The van der Waals surface area contributed by atoms with Crippen molar-refractivity contribution in [3.63, 3.8) is 0 Å². The molecule has 1 aliphatic heterocycles. The minimum absolute atomic E-state index is 0.382. The van der Waals surface area contributed by atoms with Gasteiger partial charge in [0.25, 0.3) is 6.47 Å². The number of rotatable bonds is 3. The van der Waals surface area contributed by atoms with Crippen LogP contribution in [0.15, 0.2) is 42.6 Å². The average Bonchev–Trinajstić information content (AvgIpc) is 2.44. The number of pyridine rings is 1. The van der Waals surface area contributed by atoms with Gasteiger partial charge in [0.1, 0.15) is 5.82 Å². The smallest absolute Gasteiger partial charge is 0.295 e. The lowest BCUT2D eigenvalue weighted by Gasteiger charge is -2.35. The Morgan fingerprint density at radius 2 is 2.05 bits per heavy atom. The van der Waals surface area contributed by atoms with E-state index >= 15 is 0 Å². The Morgan fingerprint density at radius 3 is 2.89 bits per heavy atom. The summed E-state index contributed by atoms with van der Waals surface area (Å²) in [6.07, 6.45) is 2.23. The maximum Gasteiger partial charge on any atom is 0.295 e. The van der Waals surface area contributed by atoms with E-state index in [9.17, 15) is 4.79 Å². The molecule has 1 aromatic carbocycles. The SMILES string of the molecule is CC(OC=O)N1c2ccccc2Cc2cccnc21. The van der Waals surface area contributed by atoms with Gasteiger partial charge in [-0.25, -0.2) is 4.98 Å². The number of carbonyl (C=O) groups excluding carboxylic acids is 1. The van der Waals surface area contributed by atoms with Crippen LogP contribution in [0, 0.1) is 0 Å². The van der Waals surface area contributed by atoms with Crippen molar-refractivity contribution in [2.75, 3.05) is 4.90 Å². The van der Waals surface area contributed by atoms with Crippen molar-refractivity contribution in [3.05, 3.63) is 53.7 Å². The fourth-order valence-corrected chi connectivity index (χ4v) is 2.51. The maximum absolute atomic E-state index is 10.6. The largest absolute Gasteiger partial charge is 0.444 e. The molecule has 0 aliphatic carbocycles. The van der Waals surface area contributed by atoms with Gasteiger partial charge in [-0.1, -0.05) is 24.3 Å². The van der Waals surface area contributed by atoms with E-state index < -0.39 is 0 Å². The van der Waals surface area contributed by atoms with Gasteiger partial charge in [0, 0.05) is 18.3 Å². The highest BCUT2D eigenvalue weighted by molar-refractivity contribution is 5.72. The first-order chi connectivity index (χ1) is 9.31. The van der Waals surface area contributed by atoms with Crippen molar-refractivity contribution in [1.82, 2.24) is 4.98 Å². The first kappa shape index (κ1) is 11.7. The van der Waals surface area contributed by atoms with Crippen LogP contribution < -0.4 is 4.90 Å². The number of fused-ring (bicyclic) bond motifs is 2. The zero-order valence-corrected chi connectivity index (χ0v) is 10.6. The van der Waals surface area contributed by atoms with Crippen LogP contribution >= 0.6 is 0 Å². The predicted molar refractivity (Wildman–Crippen MR) is 72.2 cm³/mol. The minimum atomic E-state index is -0.382. The van der Waals surface area contributed by atoms with E-state index in [1.807, 2.05) is 36.1 Å². The summed E-state index contributed by atoms with van der Waals surface area (Å²) in [4.78, 5) is 17.0. The van der Waals surface area contributed by atoms with Crippen LogP contribution in [0.3, 0.4) is 0 Å². The molecular formula is C15H14N2O2. The third-order valence-electron chi connectivity index (χ3n) is 3.34. The van der Waals surface area contributed by atoms with E-state index in [0.29, 0.717) is 6.47 Å². The Morgan fingerprint density at radius 1 is 1.26 bits per heavy atom. The second-order valence-corrected chi connectivity index (χ2v) is 4.49. The molecule has 0 radical (unpaired) electrons. The monoisotopic (exact) mass is 254 g/mol. The third-order valence-corrected chi connectivity index (χ3v) is 3.34. The lowest BCUT2D eigenvalue weighted by atomic mass is 9.98.